The van der Waals surface area contributed by atoms with Gasteiger partial charge in [-0.05, 0) is 116 Å². The number of aliphatic carboxylic acids is 1. The molecule has 0 unspecified atom stereocenters. The predicted molar refractivity (Wildman–Crippen MR) is 147 cm³/mol. The maximum absolute atomic E-state index is 13.6. The standard InChI is InChI=1S/C32H28FN3O3/c33-26-12-9-21(10-13-26)31-23(4-1-2-7-30(37)38)17-25-18-24(11-15-28(25)35-31)32(39)36-29-6-3-5-22-16-20(19-34)8-14-27(22)29/h8-18,29H,1-7H2,(H,36,39)(H,37,38)/t29-/m1/s1. The van der Waals surface area contributed by atoms with Gasteiger partial charge in [0.05, 0.1) is 28.9 Å². The summed E-state index contributed by atoms with van der Waals surface area (Å²) in [4.78, 5) is 29.1. The third-order valence-corrected chi connectivity index (χ3v) is 7.25. The number of nitrogens with zero attached hydrogens (tertiary/aromatic N) is 2. The fraction of sp³-hybridized carbons (Fsp3) is 0.250. The van der Waals surface area contributed by atoms with Crippen molar-refractivity contribution in [2.45, 2.75) is 51.0 Å². The van der Waals surface area contributed by atoms with E-state index in [1.807, 2.05) is 30.3 Å². The minimum absolute atomic E-state index is 0.0966. The van der Waals surface area contributed by atoms with Crippen LogP contribution in [0.2, 0.25) is 0 Å². The van der Waals surface area contributed by atoms with Gasteiger partial charge in [0.25, 0.3) is 5.91 Å². The summed E-state index contributed by atoms with van der Waals surface area (Å²) in [7, 11) is 0. The van der Waals surface area contributed by atoms with E-state index in [1.165, 1.54) is 12.1 Å². The molecule has 0 saturated heterocycles. The summed E-state index contributed by atoms with van der Waals surface area (Å²) in [5, 5.41) is 22.2. The molecule has 4 aromatic rings. The van der Waals surface area contributed by atoms with Crippen LogP contribution in [0.4, 0.5) is 4.39 Å². The zero-order chi connectivity index (χ0) is 27.4. The summed E-state index contributed by atoms with van der Waals surface area (Å²) in [6, 6.07) is 21.3. The molecule has 0 saturated carbocycles. The van der Waals surface area contributed by atoms with Crippen LogP contribution in [0.25, 0.3) is 22.2 Å². The second-order valence-corrected chi connectivity index (χ2v) is 9.95. The van der Waals surface area contributed by atoms with E-state index in [-0.39, 0.29) is 24.2 Å². The molecule has 39 heavy (non-hydrogen) atoms. The van der Waals surface area contributed by atoms with Crippen LogP contribution in [0.5, 0.6) is 0 Å². The fourth-order valence-electron chi connectivity index (χ4n) is 5.28. The summed E-state index contributed by atoms with van der Waals surface area (Å²) in [6.07, 6.45) is 4.58. The quantitative estimate of drug-likeness (QED) is 0.257. The first-order chi connectivity index (χ1) is 18.9. The third kappa shape index (κ3) is 5.96. The van der Waals surface area contributed by atoms with E-state index in [4.69, 9.17) is 10.1 Å². The molecule has 1 amide bonds. The average molecular weight is 522 g/mol. The summed E-state index contributed by atoms with van der Waals surface area (Å²) in [5.41, 5.74) is 6.46. The van der Waals surface area contributed by atoms with Gasteiger partial charge in [0.1, 0.15) is 5.82 Å². The number of halogens is 1. The second-order valence-electron chi connectivity index (χ2n) is 9.95. The first-order valence-electron chi connectivity index (χ1n) is 13.2. The Morgan fingerprint density at radius 3 is 2.64 bits per heavy atom. The van der Waals surface area contributed by atoms with Gasteiger partial charge in [-0.25, -0.2) is 9.37 Å². The number of aryl methyl sites for hydroxylation is 2. The number of hydrogen-bond donors (Lipinski definition) is 2. The van der Waals surface area contributed by atoms with E-state index >= 15 is 0 Å². The minimum Gasteiger partial charge on any atom is -0.481 e. The normalized spacial score (nSPS) is 14.4. The van der Waals surface area contributed by atoms with Crippen molar-refractivity contribution in [2.24, 2.45) is 0 Å². The highest BCUT2D eigenvalue weighted by molar-refractivity contribution is 5.98. The maximum atomic E-state index is 13.6. The first-order valence-corrected chi connectivity index (χ1v) is 13.2. The van der Waals surface area contributed by atoms with Crippen molar-refractivity contribution in [1.29, 1.82) is 5.26 Å². The smallest absolute Gasteiger partial charge is 0.303 e. The molecule has 1 aliphatic carbocycles. The molecular weight excluding hydrogens is 493 g/mol. The number of aromatic nitrogens is 1. The van der Waals surface area contributed by atoms with Crippen LogP contribution in [0.3, 0.4) is 0 Å². The monoisotopic (exact) mass is 521 g/mol. The molecule has 1 atom stereocenters. The molecule has 3 aromatic carbocycles. The molecule has 0 aliphatic heterocycles. The van der Waals surface area contributed by atoms with Crippen LogP contribution >= 0.6 is 0 Å². The largest absolute Gasteiger partial charge is 0.481 e. The Bertz CT molecular complexity index is 1590. The number of nitrogens with one attached hydrogen (secondary N) is 1. The van der Waals surface area contributed by atoms with Crippen molar-refractivity contribution < 1.29 is 19.1 Å². The number of fused-ring (bicyclic) bond motifs is 2. The summed E-state index contributed by atoms with van der Waals surface area (Å²) in [6.45, 7) is 0. The zero-order valence-electron chi connectivity index (χ0n) is 21.4. The summed E-state index contributed by atoms with van der Waals surface area (Å²) in [5.74, 6) is -1.33. The lowest BCUT2D eigenvalue weighted by molar-refractivity contribution is -0.137. The molecule has 6 nitrogen and oxygen atoms in total. The molecule has 1 heterocycles. The van der Waals surface area contributed by atoms with Gasteiger partial charge in [-0.1, -0.05) is 6.07 Å². The molecule has 0 spiro atoms. The Morgan fingerprint density at radius 1 is 1.05 bits per heavy atom. The van der Waals surface area contributed by atoms with E-state index in [9.17, 15) is 19.2 Å². The molecule has 1 aliphatic rings. The van der Waals surface area contributed by atoms with Gasteiger partial charge in [-0.3, -0.25) is 9.59 Å². The Labute approximate surface area is 226 Å². The van der Waals surface area contributed by atoms with E-state index < -0.39 is 5.97 Å². The Kier molecular flexibility index (Phi) is 7.64. The minimum atomic E-state index is -0.827. The highest BCUT2D eigenvalue weighted by Crippen LogP contribution is 2.32. The Morgan fingerprint density at radius 2 is 1.87 bits per heavy atom. The molecule has 0 radical (unpaired) electrons. The predicted octanol–water partition coefficient (Wildman–Crippen LogP) is 6.52. The van der Waals surface area contributed by atoms with Crippen molar-refractivity contribution in [3.8, 4) is 17.3 Å². The van der Waals surface area contributed by atoms with Crippen molar-refractivity contribution >= 4 is 22.8 Å². The van der Waals surface area contributed by atoms with Gasteiger partial charge >= 0.3 is 5.97 Å². The number of hydrogen-bond acceptors (Lipinski definition) is 4. The average Bonchev–Trinajstić information content (AvgIpc) is 2.94. The number of pyridine rings is 1. The lowest BCUT2D eigenvalue weighted by atomic mass is 9.86. The van der Waals surface area contributed by atoms with Gasteiger partial charge in [-0.15, -0.1) is 0 Å². The highest BCUT2D eigenvalue weighted by atomic mass is 19.1. The molecule has 196 valence electrons. The number of benzene rings is 3. The third-order valence-electron chi connectivity index (χ3n) is 7.25. The topological polar surface area (TPSA) is 103 Å². The van der Waals surface area contributed by atoms with Crippen LogP contribution in [-0.4, -0.2) is 22.0 Å². The van der Waals surface area contributed by atoms with Crippen LogP contribution < -0.4 is 5.32 Å². The highest BCUT2D eigenvalue weighted by Gasteiger charge is 2.23. The molecule has 7 heteroatoms. The number of carbonyl (C=O) groups excluding carboxylic acids is 1. The lowest BCUT2D eigenvalue weighted by Crippen LogP contribution is -2.31. The summed E-state index contributed by atoms with van der Waals surface area (Å²) >= 11 is 0. The van der Waals surface area contributed by atoms with Gasteiger partial charge < -0.3 is 10.4 Å². The SMILES string of the molecule is N#Cc1ccc2c(c1)CCC[C@H]2NC(=O)c1ccc2nc(-c3ccc(F)cc3)c(CCCCC(=O)O)cc2c1. The van der Waals surface area contributed by atoms with Gasteiger partial charge in [-0.2, -0.15) is 5.26 Å². The van der Waals surface area contributed by atoms with E-state index in [2.05, 4.69) is 11.4 Å². The molecule has 2 N–H and O–H groups in total. The zero-order valence-corrected chi connectivity index (χ0v) is 21.4. The maximum Gasteiger partial charge on any atom is 0.303 e. The molecule has 0 fully saturated rings. The second kappa shape index (κ2) is 11.4. The van der Waals surface area contributed by atoms with Crippen LogP contribution in [0.1, 0.15) is 70.8 Å². The van der Waals surface area contributed by atoms with Crippen molar-refractivity contribution in [1.82, 2.24) is 10.3 Å². The van der Waals surface area contributed by atoms with Crippen LogP contribution in [-0.2, 0) is 17.6 Å². The number of carbonyl (C=O) groups is 2. The molecular formula is C32H28FN3O3. The van der Waals surface area contributed by atoms with Gasteiger partial charge in [0.15, 0.2) is 0 Å². The number of carboxylic acids is 1. The lowest BCUT2D eigenvalue weighted by Gasteiger charge is -2.26. The molecule has 1 aromatic heterocycles. The first kappa shape index (κ1) is 26.1. The van der Waals surface area contributed by atoms with Crippen molar-refractivity contribution in [2.75, 3.05) is 0 Å². The number of nitriles is 1. The van der Waals surface area contributed by atoms with Crippen molar-refractivity contribution in [3.05, 3.63) is 100 Å². The molecule has 0 bridgehead atoms. The Balaban J connectivity index is 1.43. The van der Waals surface area contributed by atoms with Gasteiger partial charge in [0.2, 0.25) is 0 Å². The number of rotatable bonds is 8. The number of carboxylic acid groups (broad SMARTS) is 1. The summed E-state index contributed by atoms with van der Waals surface area (Å²) < 4.78 is 13.6. The van der Waals surface area contributed by atoms with Gasteiger partial charge in [0, 0.05) is 22.9 Å². The van der Waals surface area contributed by atoms with Crippen LogP contribution in [0.15, 0.2) is 66.7 Å². The van der Waals surface area contributed by atoms with Crippen molar-refractivity contribution in [3.63, 3.8) is 0 Å². The number of amides is 1. The fourth-order valence-corrected chi connectivity index (χ4v) is 5.28. The van der Waals surface area contributed by atoms with E-state index in [1.54, 1.807) is 24.3 Å². The number of unbranched alkanes of at least 4 members (excludes halogenated alkanes) is 1. The molecule has 5 rings (SSSR count). The van der Waals surface area contributed by atoms with E-state index in [0.717, 1.165) is 52.6 Å². The van der Waals surface area contributed by atoms with Crippen LogP contribution in [0, 0.1) is 17.1 Å². The van der Waals surface area contributed by atoms with E-state index in [0.29, 0.717) is 35.9 Å². The Hall–Kier alpha value is -4.57.